The monoisotopic (exact) mass is 210 g/mol. The molecule has 0 aliphatic carbocycles. The van der Waals surface area contributed by atoms with Gasteiger partial charge in [0.1, 0.15) is 0 Å². The minimum Gasteiger partial charge on any atom is -0.396 e. The van der Waals surface area contributed by atoms with Crippen LogP contribution in [0.3, 0.4) is 0 Å². The van der Waals surface area contributed by atoms with E-state index in [2.05, 4.69) is 0 Å². The molecule has 1 N–H and O–H groups in total. The summed E-state index contributed by atoms with van der Waals surface area (Å²) in [5.74, 6) is 0. The minimum absolute atomic E-state index is 0.0903. The lowest BCUT2D eigenvalue weighted by Crippen LogP contribution is -2.04. The van der Waals surface area contributed by atoms with Crippen molar-refractivity contribution in [1.29, 1.82) is 0 Å². The van der Waals surface area contributed by atoms with E-state index in [4.69, 9.17) is 14.2 Å². The lowest BCUT2D eigenvalue weighted by atomic mass is 10.5. The van der Waals surface area contributed by atoms with Gasteiger partial charge in [-0.05, 0) is 12.8 Å². The van der Waals surface area contributed by atoms with Crippen molar-refractivity contribution in [1.82, 2.24) is 0 Å². The summed E-state index contributed by atoms with van der Waals surface area (Å²) < 4.78 is 21.9. The molecule has 0 aromatic carbocycles. The second-order valence-electron chi connectivity index (χ2n) is 2.72. The fourth-order valence-electron chi connectivity index (χ4n) is 0.750. The molecule has 5 heteroatoms. The van der Waals surface area contributed by atoms with Crippen LogP contribution >= 0.6 is 7.60 Å². The molecule has 4 nitrogen and oxygen atoms in total. The highest BCUT2D eigenvalue weighted by Gasteiger charge is 2.22. The molecule has 0 radical (unpaired) electrons. The third-order valence-electron chi connectivity index (χ3n) is 1.36. The van der Waals surface area contributed by atoms with E-state index in [0.717, 1.165) is 12.8 Å². The van der Waals surface area contributed by atoms with Crippen LogP contribution in [0, 0.1) is 0 Å². The summed E-state index contributed by atoms with van der Waals surface area (Å²) in [5, 5.41) is 8.67. The van der Waals surface area contributed by atoms with Gasteiger partial charge in [-0.15, -0.1) is 0 Å². The predicted molar refractivity (Wildman–Crippen MR) is 52.0 cm³/mol. The summed E-state index contributed by atoms with van der Waals surface area (Å²) in [4.78, 5) is 0. The van der Waals surface area contributed by atoms with Crippen molar-refractivity contribution in [3.8, 4) is 0 Å². The van der Waals surface area contributed by atoms with E-state index in [-0.39, 0.29) is 12.8 Å². The quantitative estimate of drug-likeness (QED) is 0.623. The van der Waals surface area contributed by atoms with Crippen molar-refractivity contribution in [3.05, 3.63) is 0 Å². The first-order valence-electron chi connectivity index (χ1n) is 4.67. The van der Waals surface area contributed by atoms with Crippen LogP contribution in [-0.2, 0) is 13.6 Å². The zero-order valence-corrected chi connectivity index (χ0v) is 9.26. The molecular formula is C8H19O4P. The van der Waals surface area contributed by atoms with Gasteiger partial charge in [0.15, 0.2) is 0 Å². The Hall–Kier alpha value is 0.110. The highest BCUT2D eigenvalue weighted by atomic mass is 31.2. The number of rotatable bonds is 8. The van der Waals surface area contributed by atoms with E-state index in [9.17, 15) is 4.57 Å². The van der Waals surface area contributed by atoms with Gasteiger partial charge in [0.25, 0.3) is 0 Å². The van der Waals surface area contributed by atoms with Gasteiger partial charge in [-0.25, -0.2) is 0 Å². The average molecular weight is 210 g/mol. The Bertz CT molecular complexity index is 148. The second kappa shape index (κ2) is 7.51. The Kier molecular flexibility index (Phi) is 7.57. The summed E-state index contributed by atoms with van der Waals surface area (Å²) >= 11 is 0. The Balaban J connectivity index is 3.92. The van der Waals surface area contributed by atoms with Crippen LogP contribution < -0.4 is 0 Å². The molecule has 0 amide bonds. The molecule has 80 valence electrons. The fraction of sp³-hybridized carbons (Fsp3) is 1.00. The highest BCUT2D eigenvalue weighted by Crippen LogP contribution is 2.47. The largest absolute Gasteiger partial charge is 0.396 e. The van der Waals surface area contributed by atoms with Gasteiger partial charge < -0.3 is 14.2 Å². The van der Waals surface area contributed by atoms with Crippen LogP contribution in [0.4, 0.5) is 0 Å². The smallest absolute Gasteiger partial charge is 0.332 e. The Morgan fingerprint density at radius 3 is 1.92 bits per heavy atom. The van der Waals surface area contributed by atoms with E-state index in [1.807, 2.05) is 13.8 Å². The minimum atomic E-state index is -3.00. The van der Waals surface area contributed by atoms with Gasteiger partial charge in [0.05, 0.1) is 26.0 Å². The molecule has 0 heterocycles. The molecule has 0 aromatic rings. The number of hydrogen-bond donors (Lipinski definition) is 1. The average Bonchev–Trinajstić information content (AvgIpc) is 2.12. The van der Waals surface area contributed by atoms with E-state index >= 15 is 0 Å². The van der Waals surface area contributed by atoms with E-state index in [0.29, 0.717) is 13.2 Å². The van der Waals surface area contributed by atoms with Crippen LogP contribution in [0.1, 0.15) is 26.7 Å². The van der Waals surface area contributed by atoms with Crippen molar-refractivity contribution >= 4 is 7.60 Å². The van der Waals surface area contributed by atoms with Crippen molar-refractivity contribution in [3.63, 3.8) is 0 Å². The van der Waals surface area contributed by atoms with E-state index in [1.165, 1.54) is 0 Å². The van der Waals surface area contributed by atoms with Crippen molar-refractivity contribution < 1.29 is 18.7 Å². The first-order valence-corrected chi connectivity index (χ1v) is 6.40. The lowest BCUT2D eigenvalue weighted by Gasteiger charge is -2.16. The maximum Gasteiger partial charge on any atom is 0.332 e. The molecule has 0 aliphatic rings. The predicted octanol–water partition coefficient (Wildman–Crippen LogP) is 2.02. The third-order valence-corrected chi connectivity index (χ3v) is 3.26. The molecule has 0 rings (SSSR count). The maximum atomic E-state index is 11.7. The molecule has 0 aliphatic heterocycles. The Morgan fingerprint density at radius 2 is 1.62 bits per heavy atom. The molecular weight excluding hydrogens is 191 g/mol. The molecule has 0 spiro atoms. The second-order valence-corrected chi connectivity index (χ2v) is 4.91. The number of aliphatic hydroxyl groups excluding tert-OH is 1. The summed E-state index contributed by atoms with van der Waals surface area (Å²) in [6.45, 7) is 4.54. The van der Waals surface area contributed by atoms with Gasteiger partial charge in [-0.1, -0.05) is 13.8 Å². The zero-order valence-electron chi connectivity index (χ0n) is 8.36. The van der Waals surface area contributed by atoms with Crippen molar-refractivity contribution in [2.75, 3.05) is 26.0 Å². The molecule has 0 saturated heterocycles. The molecule has 0 unspecified atom stereocenters. The SMILES string of the molecule is CCCOP(=O)(CCO)OCCC. The number of aliphatic hydroxyl groups is 1. The molecule has 0 fully saturated rings. The molecule has 0 saturated carbocycles. The van der Waals surface area contributed by atoms with Crippen molar-refractivity contribution in [2.45, 2.75) is 26.7 Å². The fourth-order valence-corrected chi connectivity index (χ4v) is 2.25. The van der Waals surface area contributed by atoms with Crippen LogP contribution in [0.25, 0.3) is 0 Å². The van der Waals surface area contributed by atoms with E-state index < -0.39 is 7.60 Å². The topological polar surface area (TPSA) is 55.8 Å². The molecule has 13 heavy (non-hydrogen) atoms. The number of hydrogen-bond acceptors (Lipinski definition) is 4. The highest BCUT2D eigenvalue weighted by molar-refractivity contribution is 7.53. The van der Waals surface area contributed by atoms with Crippen LogP contribution in [0.15, 0.2) is 0 Å². The zero-order chi connectivity index (χ0) is 10.2. The Labute approximate surface area is 79.8 Å². The Morgan fingerprint density at radius 1 is 1.15 bits per heavy atom. The van der Waals surface area contributed by atoms with Gasteiger partial charge >= 0.3 is 7.60 Å². The lowest BCUT2D eigenvalue weighted by molar-refractivity contribution is 0.197. The standard InChI is InChI=1S/C8H19O4P/c1-3-6-11-13(10,8-5-9)12-7-4-2/h9H,3-8H2,1-2H3. The first kappa shape index (κ1) is 13.1. The summed E-state index contributed by atoms with van der Waals surface area (Å²) in [7, 11) is -3.00. The van der Waals surface area contributed by atoms with E-state index in [1.54, 1.807) is 0 Å². The summed E-state index contributed by atoms with van der Waals surface area (Å²) in [6, 6.07) is 0. The van der Waals surface area contributed by atoms with Crippen LogP contribution in [-0.4, -0.2) is 31.1 Å². The molecule has 0 aromatic heterocycles. The summed E-state index contributed by atoms with van der Waals surface area (Å²) in [5.41, 5.74) is 0. The summed E-state index contributed by atoms with van der Waals surface area (Å²) in [6.07, 6.45) is 1.68. The molecule has 0 atom stereocenters. The van der Waals surface area contributed by atoms with Crippen LogP contribution in [0.5, 0.6) is 0 Å². The maximum absolute atomic E-state index is 11.7. The van der Waals surface area contributed by atoms with Crippen LogP contribution in [0.2, 0.25) is 0 Å². The normalized spacial score (nSPS) is 11.9. The molecule has 0 bridgehead atoms. The first-order chi connectivity index (χ1) is 6.18. The van der Waals surface area contributed by atoms with Gasteiger partial charge in [-0.3, -0.25) is 4.57 Å². The van der Waals surface area contributed by atoms with Gasteiger partial charge in [-0.2, -0.15) is 0 Å². The van der Waals surface area contributed by atoms with Crippen molar-refractivity contribution in [2.24, 2.45) is 0 Å². The third kappa shape index (κ3) is 6.22. The van der Waals surface area contributed by atoms with Gasteiger partial charge in [0, 0.05) is 0 Å². The van der Waals surface area contributed by atoms with Gasteiger partial charge in [0.2, 0.25) is 0 Å².